The van der Waals surface area contributed by atoms with E-state index in [-0.39, 0.29) is 18.4 Å². The standard InChI is InChI=1S/C19H28N2O4.C15H14N4O/c1-16(22)25-15-19(23)20-9-6-12-24-18-8-5-7-17(13-18)14-21-10-3-2-4-11-21;1-9-6-8-17-14-12(9)18-15(20)11-3-2-7-16-13(11)19(14)10-4-5-10/h5,7-8,13H,2-4,6,9-12,14-15H2,1H3,(H,20,23);2-3,6-8,10H,4-5H2,1H3,(H,18,20). The van der Waals surface area contributed by atoms with Gasteiger partial charge in [0.25, 0.3) is 11.8 Å². The summed E-state index contributed by atoms with van der Waals surface area (Å²) in [6.45, 7) is 7.39. The van der Waals surface area contributed by atoms with E-state index in [1.807, 2.05) is 31.2 Å². The molecule has 45 heavy (non-hydrogen) atoms. The van der Waals surface area contributed by atoms with Gasteiger partial charge in [0.1, 0.15) is 11.6 Å². The van der Waals surface area contributed by atoms with Crippen LogP contribution in [0.1, 0.15) is 66.9 Å². The van der Waals surface area contributed by atoms with Gasteiger partial charge in [-0.15, -0.1) is 0 Å². The number of esters is 1. The van der Waals surface area contributed by atoms with Crippen LogP contribution in [0.5, 0.6) is 5.75 Å². The van der Waals surface area contributed by atoms with Gasteiger partial charge in [0.15, 0.2) is 12.4 Å². The number of nitrogens with zero attached hydrogens (tertiary/aromatic N) is 4. The van der Waals surface area contributed by atoms with E-state index in [4.69, 9.17) is 4.74 Å². The monoisotopic (exact) mass is 614 g/mol. The third kappa shape index (κ3) is 9.01. The van der Waals surface area contributed by atoms with Crippen LogP contribution in [0.2, 0.25) is 0 Å². The third-order valence-corrected chi connectivity index (χ3v) is 7.85. The average Bonchev–Trinajstić information content (AvgIpc) is 3.89. The predicted molar refractivity (Wildman–Crippen MR) is 172 cm³/mol. The zero-order chi connectivity index (χ0) is 31.6. The fourth-order valence-electron chi connectivity index (χ4n) is 5.42. The molecule has 0 bridgehead atoms. The number of likely N-dealkylation sites (tertiary alicyclic amines) is 1. The van der Waals surface area contributed by atoms with Crippen molar-refractivity contribution in [2.45, 2.75) is 65.0 Å². The Morgan fingerprint density at radius 3 is 2.60 bits per heavy atom. The maximum absolute atomic E-state index is 12.4. The number of piperidine rings is 1. The Hall–Kier alpha value is -4.51. The molecule has 3 aromatic rings. The summed E-state index contributed by atoms with van der Waals surface area (Å²) in [6.07, 6.45) is 10.3. The number of carbonyl (C=O) groups is 3. The van der Waals surface area contributed by atoms with Crippen molar-refractivity contribution >= 4 is 35.1 Å². The van der Waals surface area contributed by atoms with Gasteiger partial charge in [0.2, 0.25) is 0 Å². The minimum Gasteiger partial charge on any atom is -0.494 e. The predicted octanol–water partition coefficient (Wildman–Crippen LogP) is 4.77. The number of fused-ring (bicyclic) bond motifs is 2. The summed E-state index contributed by atoms with van der Waals surface area (Å²) in [5, 5.41) is 5.66. The van der Waals surface area contributed by atoms with Gasteiger partial charge in [-0.05, 0) is 93.6 Å². The van der Waals surface area contributed by atoms with Crippen molar-refractivity contribution in [1.29, 1.82) is 0 Å². The quantitative estimate of drug-likeness (QED) is 0.245. The van der Waals surface area contributed by atoms with Crippen LogP contribution in [0.3, 0.4) is 0 Å². The number of anilines is 3. The molecule has 238 valence electrons. The van der Waals surface area contributed by atoms with Crippen molar-refractivity contribution < 1.29 is 23.9 Å². The molecule has 1 saturated carbocycles. The molecule has 2 fully saturated rings. The van der Waals surface area contributed by atoms with E-state index in [9.17, 15) is 14.4 Å². The Morgan fingerprint density at radius 1 is 1.02 bits per heavy atom. The van der Waals surface area contributed by atoms with E-state index >= 15 is 0 Å². The number of aryl methyl sites for hydroxylation is 1. The van der Waals surface area contributed by atoms with Crippen molar-refractivity contribution in [3.8, 4) is 5.75 Å². The summed E-state index contributed by atoms with van der Waals surface area (Å²) in [7, 11) is 0. The van der Waals surface area contributed by atoms with Crippen molar-refractivity contribution in [3.63, 3.8) is 0 Å². The molecular weight excluding hydrogens is 572 g/mol. The van der Waals surface area contributed by atoms with Crippen molar-refractivity contribution in [2.75, 3.05) is 43.1 Å². The largest absolute Gasteiger partial charge is 0.494 e. The van der Waals surface area contributed by atoms with E-state index in [0.29, 0.717) is 37.0 Å². The maximum Gasteiger partial charge on any atom is 0.303 e. The van der Waals surface area contributed by atoms with Crippen LogP contribution < -0.4 is 20.3 Å². The highest BCUT2D eigenvalue weighted by Crippen LogP contribution is 2.43. The Balaban J connectivity index is 0.000000181. The molecule has 11 nitrogen and oxygen atoms in total. The number of amides is 2. The van der Waals surface area contributed by atoms with Gasteiger partial charge >= 0.3 is 5.97 Å². The van der Waals surface area contributed by atoms with Gasteiger partial charge < -0.3 is 25.0 Å². The number of carbonyl (C=O) groups excluding carboxylic acids is 3. The lowest BCUT2D eigenvalue weighted by Gasteiger charge is -2.26. The number of rotatable bonds is 10. The summed E-state index contributed by atoms with van der Waals surface area (Å²) < 4.78 is 10.4. The van der Waals surface area contributed by atoms with Gasteiger partial charge in [-0.25, -0.2) is 9.97 Å². The molecule has 2 amide bonds. The molecular formula is C34H42N6O5. The lowest BCUT2D eigenvalue weighted by molar-refractivity contribution is -0.146. The number of hydrogen-bond acceptors (Lipinski definition) is 9. The first-order chi connectivity index (χ1) is 21.9. The highest BCUT2D eigenvalue weighted by molar-refractivity contribution is 6.11. The smallest absolute Gasteiger partial charge is 0.303 e. The van der Waals surface area contributed by atoms with Crippen LogP contribution in [0.4, 0.5) is 17.3 Å². The molecule has 1 saturated heterocycles. The molecule has 0 unspecified atom stereocenters. The number of ether oxygens (including phenoxy) is 2. The second kappa shape index (κ2) is 15.5. The Kier molecular flexibility index (Phi) is 11.0. The van der Waals surface area contributed by atoms with Gasteiger partial charge in [0.05, 0.1) is 17.9 Å². The van der Waals surface area contributed by atoms with Crippen LogP contribution in [0.15, 0.2) is 54.9 Å². The molecule has 6 rings (SSSR count). The molecule has 0 radical (unpaired) electrons. The van der Waals surface area contributed by atoms with Crippen molar-refractivity contribution in [2.24, 2.45) is 0 Å². The van der Waals surface area contributed by atoms with E-state index in [2.05, 4.69) is 47.3 Å². The number of benzene rings is 1. The number of pyridine rings is 2. The van der Waals surface area contributed by atoms with Crippen LogP contribution >= 0.6 is 0 Å². The van der Waals surface area contributed by atoms with Crippen molar-refractivity contribution in [3.05, 3.63) is 71.5 Å². The normalized spacial score (nSPS) is 15.8. The lowest BCUT2D eigenvalue weighted by Crippen LogP contribution is -2.30. The van der Waals surface area contributed by atoms with E-state index in [1.54, 1.807) is 18.5 Å². The fourth-order valence-corrected chi connectivity index (χ4v) is 5.42. The van der Waals surface area contributed by atoms with Gasteiger partial charge in [0, 0.05) is 38.4 Å². The Bertz CT molecular complexity index is 1490. The third-order valence-electron chi connectivity index (χ3n) is 7.85. The minimum atomic E-state index is -0.456. The fraction of sp³-hybridized carbons (Fsp3) is 0.441. The molecule has 11 heteroatoms. The molecule has 1 aliphatic carbocycles. The second-order valence-electron chi connectivity index (χ2n) is 11.6. The summed E-state index contributed by atoms with van der Waals surface area (Å²) in [5.74, 6) is 1.51. The zero-order valence-electron chi connectivity index (χ0n) is 26.1. The van der Waals surface area contributed by atoms with Crippen molar-refractivity contribution in [1.82, 2.24) is 20.2 Å². The Labute approximate surface area is 264 Å². The average molecular weight is 615 g/mol. The Morgan fingerprint density at radius 2 is 1.82 bits per heavy atom. The number of aromatic nitrogens is 2. The molecule has 0 atom stereocenters. The summed E-state index contributed by atoms with van der Waals surface area (Å²) in [4.78, 5) is 47.9. The molecule has 3 aliphatic rings. The van der Waals surface area contributed by atoms with Gasteiger partial charge in [-0.3, -0.25) is 19.3 Å². The second-order valence-corrected chi connectivity index (χ2v) is 11.6. The number of hydrogen-bond donors (Lipinski definition) is 2. The van der Waals surface area contributed by atoms with Gasteiger partial charge in [-0.1, -0.05) is 18.6 Å². The summed E-state index contributed by atoms with van der Waals surface area (Å²) in [6, 6.07) is 14.1. The van der Waals surface area contributed by atoms with Gasteiger partial charge in [-0.2, -0.15) is 0 Å². The zero-order valence-corrected chi connectivity index (χ0v) is 26.1. The molecule has 0 spiro atoms. The maximum atomic E-state index is 12.4. The summed E-state index contributed by atoms with van der Waals surface area (Å²) in [5.41, 5.74) is 3.69. The van der Waals surface area contributed by atoms with Crippen LogP contribution in [0, 0.1) is 6.92 Å². The van der Waals surface area contributed by atoms with Crippen LogP contribution in [0.25, 0.3) is 0 Å². The summed E-state index contributed by atoms with van der Waals surface area (Å²) >= 11 is 0. The topological polar surface area (TPSA) is 126 Å². The molecule has 2 aliphatic heterocycles. The van der Waals surface area contributed by atoms with Crippen LogP contribution in [-0.2, 0) is 20.9 Å². The molecule has 1 aromatic carbocycles. The highest BCUT2D eigenvalue weighted by Gasteiger charge is 2.37. The minimum absolute atomic E-state index is 0.117. The first kappa shape index (κ1) is 31.9. The van der Waals surface area contributed by atoms with E-state index in [1.165, 1.54) is 44.8 Å². The molecule has 4 heterocycles. The first-order valence-corrected chi connectivity index (χ1v) is 15.7. The first-order valence-electron chi connectivity index (χ1n) is 15.7. The SMILES string of the molecule is CC(=O)OCC(=O)NCCCOc1cccc(CN2CCCCC2)c1.Cc1ccnc2c1NC(=O)c1cccnc1N2C1CC1. The molecule has 2 aromatic heterocycles. The van der Waals surface area contributed by atoms with E-state index in [0.717, 1.165) is 42.2 Å². The van der Waals surface area contributed by atoms with Crippen LogP contribution in [-0.4, -0.2) is 71.5 Å². The highest BCUT2D eigenvalue weighted by atomic mass is 16.5. The lowest BCUT2D eigenvalue weighted by atomic mass is 10.1. The molecule has 2 N–H and O–H groups in total. The number of nitrogens with one attached hydrogen (secondary N) is 2. The van der Waals surface area contributed by atoms with E-state index < -0.39 is 5.97 Å².